The number of rotatable bonds is 3. The Morgan fingerprint density at radius 3 is 2.75 bits per heavy atom. The van der Waals surface area contributed by atoms with E-state index in [1.165, 1.54) is 6.33 Å². The second kappa shape index (κ2) is 5.17. The van der Waals surface area contributed by atoms with Gasteiger partial charge < -0.3 is 4.74 Å². The minimum absolute atomic E-state index is 0.424. The Bertz CT molecular complexity index is 746. The minimum atomic E-state index is 0.424. The molecule has 0 amide bonds. The van der Waals surface area contributed by atoms with E-state index in [1.807, 2.05) is 18.2 Å². The summed E-state index contributed by atoms with van der Waals surface area (Å²) in [4.78, 5) is 13.2. The Balaban J connectivity index is 2.24. The highest BCUT2D eigenvalue weighted by Gasteiger charge is 2.14. The maximum absolute atomic E-state index is 5.37. The average Bonchev–Trinajstić information content (AvgIpc) is 2.96. The van der Waals surface area contributed by atoms with Crippen LogP contribution in [0, 0.1) is 0 Å². The van der Waals surface area contributed by atoms with Crippen LogP contribution in [0.25, 0.3) is 21.5 Å². The molecule has 1 aromatic carbocycles. The SMILES string of the molecule is COc1ncnc2cccc(-c3nc(C(C)C)cs3)c12. The molecule has 3 aromatic rings. The monoisotopic (exact) mass is 285 g/mol. The molecule has 102 valence electrons. The lowest BCUT2D eigenvalue weighted by Gasteiger charge is -2.07. The molecule has 0 aliphatic carbocycles. The van der Waals surface area contributed by atoms with Gasteiger partial charge in [-0.15, -0.1) is 11.3 Å². The van der Waals surface area contributed by atoms with E-state index in [0.717, 1.165) is 27.2 Å². The van der Waals surface area contributed by atoms with Gasteiger partial charge in [-0.25, -0.2) is 15.0 Å². The van der Waals surface area contributed by atoms with Gasteiger partial charge in [-0.2, -0.15) is 0 Å². The molecule has 2 aromatic heterocycles. The fraction of sp³-hybridized carbons (Fsp3) is 0.267. The number of hydrogen-bond donors (Lipinski definition) is 0. The van der Waals surface area contributed by atoms with E-state index in [4.69, 9.17) is 9.72 Å². The molecule has 0 radical (unpaired) electrons. The summed E-state index contributed by atoms with van der Waals surface area (Å²) in [6.07, 6.45) is 1.52. The van der Waals surface area contributed by atoms with Gasteiger partial charge in [0.1, 0.15) is 11.3 Å². The van der Waals surface area contributed by atoms with Crippen molar-refractivity contribution in [3.05, 3.63) is 35.6 Å². The third-order valence-electron chi connectivity index (χ3n) is 3.17. The number of hydrogen-bond acceptors (Lipinski definition) is 5. The lowest BCUT2D eigenvalue weighted by molar-refractivity contribution is 0.402. The number of methoxy groups -OCH3 is 1. The van der Waals surface area contributed by atoms with Crippen LogP contribution in [0.3, 0.4) is 0 Å². The van der Waals surface area contributed by atoms with Gasteiger partial charge in [0.25, 0.3) is 0 Å². The van der Waals surface area contributed by atoms with Crippen LogP contribution in [0.15, 0.2) is 29.9 Å². The van der Waals surface area contributed by atoms with E-state index in [9.17, 15) is 0 Å². The summed E-state index contributed by atoms with van der Waals surface area (Å²) in [5, 5.41) is 4.00. The Hall–Kier alpha value is -2.01. The maximum atomic E-state index is 5.37. The number of aromatic nitrogens is 3. The third kappa shape index (κ3) is 2.14. The van der Waals surface area contributed by atoms with Gasteiger partial charge >= 0.3 is 0 Å². The topological polar surface area (TPSA) is 47.9 Å². The molecular formula is C15H15N3OS. The largest absolute Gasteiger partial charge is 0.480 e. The number of ether oxygens (including phenoxy) is 1. The molecule has 0 spiro atoms. The first-order valence-corrected chi connectivity index (χ1v) is 7.32. The maximum Gasteiger partial charge on any atom is 0.224 e. The van der Waals surface area contributed by atoms with Gasteiger partial charge in [-0.1, -0.05) is 26.0 Å². The number of thiazole rings is 1. The standard InChI is InChI=1S/C15H15N3OS/c1-9(2)12-7-20-15(18-12)10-5-4-6-11-13(10)14(19-3)17-8-16-11/h4-9H,1-3H3. The molecule has 0 saturated heterocycles. The normalized spacial score (nSPS) is 11.2. The summed E-state index contributed by atoms with van der Waals surface area (Å²) in [7, 11) is 1.62. The van der Waals surface area contributed by atoms with Crippen molar-refractivity contribution < 1.29 is 4.74 Å². The van der Waals surface area contributed by atoms with E-state index in [0.29, 0.717) is 11.8 Å². The van der Waals surface area contributed by atoms with E-state index < -0.39 is 0 Å². The van der Waals surface area contributed by atoms with Gasteiger partial charge in [0.15, 0.2) is 0 Å². The molecule has 3 rings (SSSR count). The van der Waals surface area contributed by atoms with Crippen molar-refractivity contribution in [2.75, 3.05) is 7.11 Å². The molecule has 4 nitrogen and oxygen atoms in total. The zero-order valence-corrected chi connectivity index (χ0v) is 12.4. The Kier molecular flexibility index (Phi) is 3.36. The van der Waals surface area contributed by atoms with E-state index in [-0.39, 0.29) is 0 Å². The summed E-state index contributed by atoms with van der Waals surface area (Å²) in [5.74, 6) is 1.01. The van der Waals surface area contributed by atoms with Gasteiger partial charge in [0.2, 0.25) is 5.88 Å². The summed E-state index contributed by atoms with van der Waals surface area (Å²) in [5.41, 5.74) is 3.00. The quantitative estimate of drug-likeness (QED) is 0.732. The number of benzene rings is 1. The van der Waals surface area contributed by atoms with Gasteiger partial charge in [-0.3, -0.25) is 0 Å². The molecule has 0 unspecified atom stereocenters. The van der Waals surface area contributed by atoms with E-state index in [2.05, 4.69) is 29.2 Å². The molecule has 5 heteroatoms. The Labute approximate surface area is 121 Å². The van der Waals surface area contributed by atoms with Crippen molar-refractivity contribution in [1.82, 2.24) is 15.0 Å². The minimum Gasteiger partial charge on any atom is -0.480 e. The predicted octanol–water partition coefficient (Wildman–Crippen LogP) is 3.89. The van der Waals surface area contributed by atoms with Crippen LogP contribution >= 0.6 is 11.3 Å². The van der Waals surface area contributed by atoms with Crippen molar-refractivity contribution >= 4 is 22.2 Å². The fourth-order valence-corrected chi connectivity index (χ4v) is 3.10. The zero-order valence-electron chi connectivity index (χ0n) is 11.6. The zero-order chi connectivity index (χ0) is 14.1. The highest BCUT2D eigenvalue weighted by Crippen LogP contribution is 2.35. The van der Waals surface area contributed by atoms with Gasteiger partial charge in [-0.05, 0) is 12.0 Å². The van der Waals surface area contributed by atoms with Gasteiger partial charge in [0.05, 0.1) is 23.7 Å². The first-order chi connectivity index (χ1) is 9.70. The van der Waals surface area contributed by atoms with E-state index >= 15 is 0 Å². The lowest BCUT2D eigenvalue weighted by atomic mass is 10.1. The van der Waals surface area contributed by atoms with Crippen molar-refractivity contribution in [2.24, 2.45) is 0 Å². The highest BCUT2D eigenvalue weighted by molar-refractivity contribution is 7.13. The van der Waals surface area contributed by atoms with Crippen LogP contribution in [0.5, 0.6) is 5.88 Å². The van der Waals surface area contributed by atoms with Crippen LogP contribution in [-0.2, 0) is 0 Å². The summed E-state index contributed by atoms with van der Waals surface area (Å²) >= 11 is 1.64. The summed E-state index contributed by atoms with van der Waals surface area (Å²) in [6.45, 7) is 4.29. The van der Waals surface area contributed by atoms with Crippen molar-refractivity contribution in [2.45, 2.75) is 19.8 Å². The number of nitrogens with zero attached hydrogens (tertiary/aromatic N) is 3. The van der Waals surface area contributed by atoms with Crippen LogP contribution in [0.4, 0.5) is 0 Å². The van der Waals surface area contributed by atoms with Crippen LogP contribution in [0.1, 0.15) is 25.5 Å². The molecule has 0 aliphatic rings. The first-order valence-electron chi connectivity index (χ1n) is 6.44. The van der Waals surface area contributed by atoms with Crippen LogP contribution in [0.2, 0.25) is 0 Å². The molecule has 0 aliphatic heterocycles. The van der Waals surface area contributed by atoms with Crippen molar-refractivity contribution in [1.29, 1.82) is 0 Å². The third-order valence-corrected chi connectivity index (χ3v) is 4.06. The smallest absolute Gasteiger partial charge is 0.224 e. The molecule has 0 N–H and O–H groups in total. The van der Waals surface area contributed by atoms with Crippen LogP contribution < -0.4 is 4.74 Å². The van der Waals surface area contributed by atoms with Crippen molar-refractivity contribution in [3.63, 3.8) is 0 Å². The fourth-order valence-electron chi connectivity index (χ4n) is 2.09. The predicted molar refractivity (Wildman–Crippen MR) is 81.3 cm³/mol. The second-order valence-electron chi connectivity index (χ2n) is 4.81. The molecule has 20 heavy (non-hydrogen) atoms. The Morgan fingerprint density at radius 2 is 2.05 bits per heavy atom. The van der Waals surface area contributed by atoms with Crippen LogP contribution in [-0.4, -0.2) is 22.1 Å². The van der Waals surface area contributed by atoms with Gasteiger partial charge in [0, 0.05) is 10.9 Å². The molecule has 0 saturated carbocycles. The highest BCUT2D eigenvalue weighted by atomic mass is 32.1. The molecule has 2 heterocycles. The average molecular weight is 285 g/mol. The molecular weight excluding hydrogens is 270 g/mol. The number of fused-ring (bicyclic) bond motifs is 1. The Morgan fingerprint density at radius 1 is 1.20 bits per heavy atom. The molecule has 0 fully saturated rings. The lowest BCUT2D eigenvalue weighted by Crippen LogP contribution is -1.93. The molecule has 0 atom stereocenters. The second-order valence-corrected chi connectivity index (χ2v) is 5.67. The van der Waals surface area contributed by atoms with Crippen molar-refractivity contribution in [3.8, 4) is 16.5 Å². The summed E-state index contributed by atoms with van der Waals surface area (Å²) in [6, 6.07) is 5.98. The molecule has 0 bridgehead atoms. The first kappa shape index (κ1) is 13.0. The van der Waals surface area contributed by atoms with E-state index in [1.54, 1.807) is 18.4 Å². The summed E-state index contributed by atoms with van der Waals surface area (Å²) < 4.78 is 5.37.